The Morgan fingerprint density at radius 2 is 1.96 bits per heavy atom. The van der Waals surface area contributed by atoms with Crippen molar-refractivity contribution in [2.45, 2.75) is 4.90 Å². The topological polar surface area (TPSA) is 60.5 Å². The number of aromatic nitrogens is 1. The Bertz CT molecular complexity index is 925. The van der Waals surface area contributed by atoms with Crippen molar-refractivity contribution in [1.29, 1.82) is 0 Å². The minimum absolute atomic E-state index is 0.243. The molecule has 1 N–H and O–H groups in total. The molecule has 0 radical (unpaired) electrons. The van der Waals surface area contributed by atoms with Crippen molar-refractivity contribution in [2.75, 3.05) is 25.8 Å². The van der Waals surface area contributed by atoms with Gasteiger partial charge in [0.15, 0.2) is 11.5 Å². The van der Waals surface area contributed by atoms with E-state index in [9.17, 15) is 4.79 Å². The number of carbonyl (C=O) groups excluding carboxylic acids is 1. The van der Waals surface area contributed by atoms with E-state index in [1.165, 1.54) is 11.3 Å². The lowest BCUT2D eigenvalue weighted by molar-refractivity contribution is 0.102. The van der Waals surface area contributed by atoms with Gasteiger partial charge in [-0.1, -0.05) is 12.1 Å². The number of thioether (sulfide) groups is 1. The molecule has 0 aliphatic carbocycles. The van der Waals surface area contributed by atoms with Crippen LogP contribution in [0.4, 0.5) is 5.69 Å². The van der Waals surface area contributed by atoms with Gasteiger partial charge in [0.05, 0.1) is 19.8 Å². The first-order valence-corrected chi connectivity index (χ1v) is 9.89. The van der Waals surface area contributed by atoms with Gasteiger partial charge in [0, 0.05) is 16.0 Å². The molecule has 1 amide bonds. The summed E-state index contributed by atoms with van der Waals surface area (Å²) in [5.41, 5.74) is 1.90. The number of hydrogen-bond acceptors (Lipinski definition) is 6. The zero-order valence-electron chi connectivity index (χ0n) is 14.6. The van der Waals surface area contributed by atoms with E-state index in [4.69, 9.17) is 9.47 Å². The third-order valence-electron chi connectivity index (χ3n) is 3.70. The summed E-state index contributed by atoms with van der Waals surface area (Å²) < 4.78 is 10.8. The predicted molar refractivity (Wildman–Crippen MR) is 107 cm³/mol. The predicted octanol–water partition coefficient (Wildman–Crippen LogP) is 4.80. The number of thiazole rings is 1. The summed E-state index contributed by atoms with van der Waals surface area (Å²) in [7, 11) is 3.17. The van der Waals surface area contributed by atoms with Gasteiger partial charge in [-0.25, -0.2) is 4.98 Å². The summed E-state index contributed by atoms with van der Waals surface area (Å²) in [6, 6.07) is 13.3. The molecule has 7 heteroatoms. The fraction of sp³-hybridized carbons (Fsp3) is 0.158. The molecule has 0 atom stereocenters. The van der Waals surface area contributed by atoms with Crippen LogP contribution in [0.1, 0.15) is 10.5 Å². The van der Waals surface area contributed by atoms with Gasteiger partial charge in [-0.05, 0) is 36.6 Å². The number of hydrogen-bond donors (Lipinski definition) is 1. The second kappa shape index (κ2) is 8.25. The Hall–Kier alpha value is -2.51. The summed E-state index contributed by atoms with van der Waals surface area (Å²) in [5, 5.41) is 5.32. The number of nitrogens with one attached hydrogen (secondary N) is 1. The molecule has 0 unspecified atom stereocenters. The minimum atomic E-state index is -0.243. The van der Waals surface area contributed by atoms with Crippen LogP contribution in [0.3, 0.4) is 0 Å². The molecule has 1 heterocycles. The second-order valence-corrected chi connectivity index (χ2v) is 7.00. The van der Waals surface area contributed by atoms with Gasteiger partial charge in [-0.2, -0.15) is 0 Å². The molecule has 0 aliphatic rings. The Balaban J connectivity index is 1.85. The van der Waals surface area contributed by atoms with E-state index in [2.05, 4.69) is 10.3 Å². The van der Waals surface area contributed by atoms with E-state index >= 15 is 0 Å². The lowest BCUT2D eigenvalue weighted by Crippen LogP contribution is -2.12. The monoisotopic (exact) mass is 386 g/mol. The van der Waals surface area contributed by atoms with Crippen LogP contribution >= 0.6 is 23.1 Å². The number of para-hydroxylation sites is 1. The summed E-state index contributed by atoms with van der Waals surface area (Å²) >= 11 is 3.01. The van der Waals surface area contributed by atoms with Gasteiger partial charge >= 0.3 is 0 Å². The maximum Gasteiger partial charge on any atom is 0.275 e. The van der Waals surface area contributed by atoms with Crippen molar-refractivity contribution in [3.8, 4) is 22.1 Å². The SMILES string of the molecule is COc1cccc(-c2nc(C(=O)Nc3cccc(SC)c3)cs2)c1OC. The third-order valence-corrected chi connectivity index (χ3v) is 5.30. The maximum absolute atomic E-state index is 12.5. The Morgan fingerprint density at radius 1 is 1.15 bits per heavy atom. The van der Waals surface area contributed by atoms with Crippen molar-refractivity contribution in [3.05, 3.63) is 53.5 Å². The van der Waals surface area contributed by atoms with Crippen molar-refractivity contribution in [3.63, 3.8) is 0 Å². The molecule has 0 spiro atoms. The van der Waals surface area contributed by atoms with Crippen LogP contribution in [-0.2, 0) is 0 Å². The molecule has 134 valence electrons. The molecule has 3 rings (SSSR count). The number of anilines is 1. The molecule has 0 saturated carbocycles. The number of methoxy groups -OCH3 is 2. The highest BCUT2D eigenvalue weighted by Gasteiger charge is 2.17. The average molecular weight is 386 g/mol. The van der Waals surface area contributed by atoms with Crippen molar-refractivity contribution >= 4 is 34.7 Å². The quantitative estimate of drug-likeness (QED) is 0.617. The fourth-order valence-electron chi connectivity index (χ4n) is 2.45. The number of nitrogens with zero attached hydrogens (tertiary/aromatic N) is 1. The molecule has 2 aromatic carbocycles. The zero-order valence-corrected chi connectivity index (χ0v) is 16.2. The summed E-state index contributed by atoms with van der Waals surface area (Å²) in [5.74, 6) is 0.983. The number of benzene rings is 2. The highest BCUT2D eigenvalue weighted by atomic mass is 32.2. The van der Waals surface area contributed by atoms with Crippen LogP contribution in [-0.4, -0.2) is 31.4 Å². The Morgan fingerprint density at radius 3 is 2.69 bits per heavy atom. The number of amides is 1. The van der Waals surface area contributed by atoms with Crippen molar-refractivity contribution < 1.29 is 14.3 Å². The Kier molecular flexibility index (Phi) is 5.80. The number of rotatable bonds is 6. The molecule has 0 aliphatic heterocycles. The van der Waals surface area contributed by atoms with Gasteiger partial charge in [-0.3, -0.25) is 4.79 Å². The van der Waals surface area contributed by atoms with Gasteiger partial charge in [0.25, 0.3) is 5.91 Å². The average Bonchev–Trinajstić information content (AvgIpc) is 3.17. The third kappa shape index (κ3) is 3.84. The highest BCUT2D eigenvalue weighted by Crippen LogP contribution is 2.39. The molecule has 1 aromatic heterocycles. The van der Waals surface area contributed by atoms with Gasteiger partial charge in [0.1, 0.15) is 10.7 Å². The highest BCUT2D eigenvalue weighted by molar-refractivity contribution is 7.98. The van der Waals surface area contributed by atoms with E-state index in [0.29, 0.717) is 22.2 Å². The standard InChI is InChI=1S/C19H18N2O3S2/c1-23-16-9-5-8-14(17(16)24-2)19-21-15(11-26-19)18(22)20-12-6-4-7-13(10-12)25-3/h4-11H,1-3H3,(H,20,22). The first-order valence-electron chi connectivity index (χ1n) is 7.78. The number of carbonyl (C=O) groups is 1. The maximum atomic E-state index is 12.5. The first kappa shape index (κ1) is 18.3. The van der Waals surface area contributed by atoms with Crippen molar-refractivity contribution in [2.24, 2.45) is 0 Å². The molecular formula is C19H18N2O3S2. The van der Waals surface area contributed by atoms with Gasteiger partial charge < -0.3 is 14.8 Å². The van der Waals surface area contributed by atoms with E-state index in [0.717, 1.165) is 16.1 Å². The van der Waals surface area contributed by atoms with E-state index in [1.807, 2.05) is 48.7 Å². The van der Waals surface area contributed by atoms with Gasteiger partial charge in [-0.15, -0.1) is 23.1 Å². The summed E-state index contributed by atoms with van der Waals surface area (Å²) in [6.45, 7) is 0. The normalized spacial score (nSPS) is 10.4. The smallest absolute Gasteiger partial charge is 0.275 e. The zero-order chi connectivity index (χ0) is 18.5. The minimum Gasteiger partial charge on any atom is -0.493 e. The van der Waals surface area contributed by atoms with Gasteiger partial charge in [0.2, 0.25) is 0 Å². The molecule has 0 saturated heterocycles. The van der Waals surface area contributed by atoms with Crippen LogP contribution in [0, 0.1) is 0 Å². The molecule has 5 nitrogen and oxygen atoms in total. The van der Waals surface area contributed by atoms with Crippen LogP contribution in [0.5, 0.6) is 11.5 Å². The summed E-state index contributed by atoms with van der Waals surface area (Å²) in [6.07, 6.45) is 2.00. The summed E-state index contributed by atoms with van der Waals surface area (Å²) in [4.78, 5) is 18.1. The first-order chi connectivity index (χ1) is 12.7. The van der Waals surface area contributed by atoms with Crippen LogP contribution < -0.4 is 14.8 Å². The molecular weight excluding hydrogens is 368 g/mol. The lowest BCUT2D eigenvalue weighted by Gasteiger charge is -2.10. The van der Waals surface area contributed by atoms with Crippen LogP contribution in [0.2, 0.25) is 0 Å². The Labute approximate surface area is 160 Å². The van der Waals surface area contributed by atoms with Crippen LogP contribution in [0.25, 0.3) is 10.6 Å². The van der Waals surface area contributed by atoms with E-state index in [-0.39, 0.29) is 5.91 Å². The number of ether oxygens (including phenoxy) is 2. The molecule has 0 bridgehead atoms. The molecule has 0 fully saturated rings. The molecule has 3 aromatic rings. The van der Waals surface area contributed by atoms with E-state index in [1.54, 1.807) is 31.4 Å². The van der Waals surface area contributed by atoms with Crippen molar-refractivity contribution in [1.82, 2.24) is 4.98 Å². The van der Waals surface area contributed by atoms with Crippen LogP contribution in [0.15, 0.2) is 52.7 Å². The largest absolute Gasteiger partial charge is 0.493 e. The van der Waals surface area contributed by atoms with E-state index < -0.39 is 0 Å². The fourth-order valence-corrected chi connectivity index (χ4v) is 3.73. The second-order valence-electron chi connectivity index (χ2n) is 5.27. The lowest BCUT2D eigenvalue weighted by atomic mass is 10.2. The molecule has 26 heavy (non-hydrogen) atoms.